The van der Waals surface area contributed by atoms with Gasteiger partial charge in [-0.05, 0) is 44.1 Å². The van der Waals surface area contributed by atoms with Crippen LogP contribution in [0.1, 0.15) is 194 Å². The van der Waals surface area contributed by atoms with Crippen LogP contribution < -0.4 is 11.4 Å². The fourth-order valence-corrected chi connectivity index (χ4v) is 10.6. The fraction of sp³-hybridized carbons (Fsp3) is 0.719. The number of phosphoric ester groups is 2. The highest BCUT2D eigenvalue weighted by Crippen LogP contribution is 2.60. The molecule has 1 aliphatic heterocycles. The second-order valence-electron chi connectivity index (χ2n) is 20.6. The smallest absolute Gasteiger partial charge is 0.462 e. The molecule has 1 fully saturated rings. The second-order valence-corrected chi connectivity index (χ2v) is 23.6. The number of carbonyl (C=O) groups is 2. The lowest BCUT2D eigenvalue weighted by Gasteiger charge is -2.21. The molecule has 3 unspecified atom stereocenters. The minimum Gasteiger partial charge on any atom is -0.462 e. The van der Waals surface area contributed by atoms with Crippen molar-refractivity contribution in [3.63, 3.8) is 0 Å². The number of nitrogens with zero attached hydrogens (tertiary/aromatic N) is 2. The molecular formula is C57H97N3O18P2. The third-order valence-corrected chi connectivity index (χ3v) is 16.1. The minimum atomic E-state index is -5.52. The van der Waals surface area contributed by atoms with Crippen molar-refractivity contribution in [1.82, 2.24) is 9.55 Å². The van der Waals surface area contributed by atoms with Crippen molar-refractivity contribution in [3.8, 4) is 0 Å². The standard InChI is InChI=1S/C57H97N3O18P2/c1-4-6-27-34-46(61)35-29-24-21-22-25-30-36-48(62)49(63)37-32-39-53(65)76-47(42-73-52(64)38-31-26-20-18-16-14-12-10-8-7-9-11-13-15-17-19-23-28-33-45(3)5-2)43-74-79(69,70)78-80(71,72)75-44-50-54(66)55(67)56(77-50)60-41-40-51(58)59-57(60)68/h6,21-22,24-25,27,29-30,35-36,40-41,45-50,54-56,61-63,66-67H,4-5,7-20,23,26,28,31-34,37-39,42-44H2,1-3H3,(H,69,70)(H,71,72)(H2,58,59,68)/b24-21+,25-22-,27-6-,35-29+,36-30-/t45?,46-,47+,48+,49+,50+,54+,55+,56+/m0/s1. The van der Waals surface area contributed by atoms with E-state index in [9.17, 15) is 58.8 Å². The molecule has 0 spiro atoms. The number of ether oxygens (including phenoxy) is 3. The Labute approximate surface area is 474 Å². The summed E-state index contributed by atoms with van der Waals surface area (Å²) in [4.78, 5) is 62.2. The van der Waals surface area contributed by atoms with Gasteiger partial charge >= 0.3 is 33.3 Å². The number of nitrogens with two attached hydrogens (primary N) is 1. The van der Waals surface area contributed by atoms with E-state index < -0.39 is 102 Å². The Hall–Kier alpha value is -3.66. The van der Waals surface area contributed by atoms with Crippen LogP contribution in [0.4, 0.5) is 5.82 Å². The molecule has 1 saturated heterocycles. The summed E-state index contributed by atoms with van der Waals surface area (Å²) in [5.74, 6) is -0.785. The van der Waals surface area contributed by atoms with Gasteiger partial charge in [0.1, 0.15) is 30.7 Å². The number of carbonyl (C=O) groups excluding carboxylic acids is 2. The maximum absolute atomic E-state index is 12.9. The molecule has 0 radical (unpaired) electrons. The van der Waals surface area contributed by atoms with Crippen molar-refractivity contribution in [1.29, 1.82) is 0 Å². The zero-order valence-corrected chi connectivity index (χ0v) is 49.4. The SMILES string of the molecule is CC/C=C\C[C@H](O)/C=C/C=C/C=C\C=C/[C@@H](O)[C@H](O)CCCC(=O)O[C@H](COC(=O)CCCCCCCCCCCCCCCCCCCCC(C)CC)COP(=O)(O)OP(=O)(O)OC[C@H]1O[C@@H](n2ccc(N)nc2=O)[C@H](O)[C@@H]1O. The van der Waals surface area contributed by atoms with Crippen LogP contribution in [0.15, 0.2) is 77.8 Å². The van der Waals surface area contributed by atoms with E-state index >= 15 is 0 Å². The van der Waals surface area contributed by atoms with Crippen LogP contribution in [0.5, 0.6) is 0 Å². The third kappa shape index (κ3) is 34.7. The van der Waals surface area contributed by atoms with Gasteiger partial charge in [-0.15, -0.1) is 0 Å². The van der Waals surface area contributed by atoms with Gasteiger partial charge in [0.15, 0.2) is 12.3 Å². The Morgan fingerprint density at radius 2 is 1.25 bits per heavy atom. The van der Waals surface area contributed by atoms with E-state index in [1.807, 2.05) is 19.1 Å². The molecule has 0 bridgehead atoms. The Bertz CT molecular complexity index is 2160. The Kier molecular flexibility index (Phi) is 39.0. The van der Waals surface area contributed by atoms with Crippen LogP contribution in [-0.4, -0.2) is 119 Å². The highest BCUT2D eigenvalue weighted by molar-refractivity contribution is 7.61. The van der Waals surface area contributed by atoms with Crippen LogP contribution in [0, 0.1) is 5.92 Å². The van der Waals surface area contributed by atoms with Gasteiger partial charge in [0.25, 0.3) is 0 Å². The number of aliphatic hydroxyl groups is 5. The summed E-state index contributed by atoms with van der Waals surface area (Å²) in [5, 5.41) is 51.7. The van der Waals surface area contributed by atoms with E-state index in [-0.39, 0.29) is 31.5 Å². The highest BCUT2D eigenvalue weighted by atomic mass is 31.3. The number of allylic oxidation sites excluding steroid dienone is 7. The molecule has 0 aliphatic carbocycles. The predicted octanol–water partition coefficient (Wildman–Crippen LogP) is 9.83. The van der Waals surface area contributed by atoms with Gasteiger partial charge in [-0.2, -0.15) is 9.29 Å². The van der Waals surface area contributed by atoms with Crippen LogP contribution in [-0.2, 0) is 46.3 Å². The molecule has 2 rings (SSSR count). The molecular weight excluding hydrogens is 1080 g/mol. The minimum absolute atomic E-state index is 0.0276. The van der Waals surface area contributed by atoms with Crippen molar-refractivity contribution in [2.24, 2.45) is 5.92 Å². The van der Waals surface area contributed by atoms with Crippen molar-refractivity contribution in [3.05, 3.63) is 83.5 Å². The molecule has 1 aromatic heterocycles. The van der Waals surface area contributed by atoms with Crippen LogP contribution in [0.2, 0.25) is 0 Å². The molecule has 9 N–H and O–H groups in total. The van der Waals surface area contributed by atoms with E-state index in [4.69, 9.17) is 29.0 Å². The molecule has 11 atom stereocenters. The molecule has 80 heavy (non-hydrogen) atoms. The van der Waals surface area contributed by atoms with Gasteiger partial charge in [-0.3, -0.25) is 23.2 Å². The summed E-state index contributed by atoms with van der Waals surface area (Å²) in [5.41, 5.74) is 4.56. The molecule has 2 heterocycles. The monoisotopic (exact) mass is 1170 g/mol. The molecule has 0 aromatic carbocycles. The van der Waals surface area contributed by atoms with Crippen molar-refractivity contribution >= 4 is 33.4 Å². The quantitative estimate of drug-likeness (QED) is 0.00989. The lowest BCUT2D eigenvalue weighted by atomic mass is 9.99. The summed E-state index contributed by atoms with van der Waals surface area (Å²) in [6.45, 7) is 4.03. The van der Waals surface area contributed by atoms with Gasteiger partial charge in [-0.1, -0.05) is 204 Å². The highest BCUT2D eigenvalue weighted by Gasteiger charge is 2.46. The Morgan fingerprint density at radius 3 is 1.82 bits per heavy atom. The van der Waals surface area contributed by atoms with E-state index in [1.54, 1.807) is 36.5 Å². The topological polar surface area (TPSA) is 326 Å². The Balaban J connectivity index is 1.82. The number of rotatable bonds is 47. The summed E-state index contributed by atoms with van der Waals surface area (Å²) < 4.78 is 56.7. The molecule has 458 valence electrons. The lowest BCUT2D eigenvalue weighted by molar-refractivity contribution is -0.161. The summed E-state index contributed by atoms with van der Waals surface area (Å²) >= 11 is 0. The van der Waals surface area contributed by atoms with Crippen molar-refractivity contribution < 1.29 is 81.6 Å². The van der Waals surface area contributed by atoms with Gasteiger partial charge < -0.3 is 55.3 Å². The molecule has 23 heteroatoms. The van der Waals surface area contributed by atoms with E-state index in [0.29, 0.717) is 12.8 Å². The summed E-state index contributed by atoms with van der Waals surface area (Å²) in [7, 11) is -11.0. The largest absolute Gasteiger partial charge is 0.481 e. The van der Waals surface area contributed by atoms with Crippen LogP contribution in [0.25, 0.3) is 0 Å². The zero-order valence-electron chi connectivity index (χ0n) is 47.6. The number of unbranched alkanes of at least 4 members (excludes halogenated alkanes) is 17. The Morgan fingerprint density at radius 1 is 0.713 bits per heavy atom. The van der Waals surface area contributed by atoms with E-state index in [2.05, 4.69) is 23.1 Å². The van der Waals surface area contributed by atoms with Crippen LogP contribution >= 0.6 is 15.6 Å². The molecule has 1 aromatic rings. The first-order valence-corrected chi connectivity index (χ1v) is 32.0. The number of aromatic nitrogens is 2. The second kappa shape index (κ2) is 43.1. The normalized spacial score (nSPS) is 20.4. The van der Waals surface area contributed by atoms with Gasteiger partial charge in [-0.25, -0.2) is 13.9 Å². The van der Waals surface area contributed by atoms with E-state index in [0.717, 1.165) is 48.8 Å². The number of aliphatic hydroxyl groups excluding tert-OH is 5. The van der Waals surface area contributed by atoms with Crippen LogP contribution in [0.3, 0.4) is 0 Å². The third-order valence-electron chi connectivity index (χ3n) is 13.5. The van der Waals surface area contributed by atoms with Crippen molar-refractivity contribution in [2.75, 3.05) is 25.6 Å². The predicted molar refractivity (Wildman–Crippen MR) is 307 cm³/mol. The number of anilines is 1. The summed E-state index contributed by atoms with van der Waals surface area (Å²) in [6, 6.07) is 1.23. The zero-order chi connectivity index (χ0) is 59.0. The first kappa shape index (κ1) is 72.4. The fourth-order valence-electron chi connectivity index (χ4n) is 8.51. The first-order chi connectivity index (χ1) is 38.3. The average molecular weight is 1170 g/mol. The van der Waals surface area contributed by atoms with Gasteiger partial charge in [0, 0.05) is 19.0 Å². The molecule has 21 nitrogen and oxygen atoms in total. The van der Waals surface area contributed by atoms with Gasteiger partial charge in [0.2, 0.25) is 0 Å². The summed E-state index contributed by atoms with van der Waals surface area (Å²) in [6.07, 6.45) is 32.2. The number of hydrogen-bond donors (Lipinski definition) is 8. The maximum atomic E-state index is 12.9. The molecule has 0 saturated carbocycles. The van der Waals surface area contributed by atoms with Gasteiger partial charge in [0.05, 0.1) is 31.5 Å². The number of phosphoric acid groups is 2. The maximum Gasteiger partial charge on any atom is 0.481 e. The number of esters is 2. The first-order valence-electron chi connectivity index (χ1n) is 29.0. The average Bonchev–Trinajstić information content (AvgIpc) is 3.71. The number of hydrogen-bond acceptors (Lipinski definition) is 18. The lowest BCUT2D eigenvalue weighted by Crippen LogP contribution is -2.36. The molecule has 1 aliphatic rings. The number of nitrogen functional groups attached to an aromatic ring is 1. The molecule has 0 amide bonds. The van der Waals surface area contributed by atoms with E-state index in [1.165, 1.54) is 115 Å². The van der Waals surface area contributed by atoms with Crippen molar-refractivity contribution in [2.45, 2.75) is 237 Å².